The summed E-state index contributed by atoms with van der Waals surface area (Å²) >= 11 is 2.50. The van der Waals surface area contributed by atoms with Crippen LogP contribution in [-0.2, 0) is 0 Å². The minimum absolute atomic E-state index is 0.724. The topological polar surface area (TPSA) is 13.0 Å². The zero-order valence-corrected chi connectivity index (χ0v) is 18.0. The van der Waals surface area contributed by atoms with Crippen molar-refractivity contribution < 1.29 is 0 Å². The molecule has 0 N–H and O–H groups in total. The fourth-order valence-corrected chi connectivity index (χ4v) is 5.41. The molecule has 0 radical (unpaired) electrons. The van der Waals surface area contributed by atoms with Gasteiger partial charge < -0.3 is 9.80 Å². The van der Waals surface area contributed by atoms with Crippen LogP contribution < -0.4 is 0 Å². The van der Waals surface area contributed by atoms with Crippen molar-refractivity contribution in [2.75, 3.05) is 63.5 Å². The number of likely N-dealkylation sites (tertiary alicyclic amines) is 2. The smallest absolute Gasteiger partial charge is 0.0505 e. The largest absolute Gasteiger partial charge is 0.301 e. The third-order valence-corrected chi connectivity index (χ3v) is 7.51. The summed E-state index contributed by atoms with van der Waals surface area (Å²) in [6, 6.07) is 1.58. The highest BCUT2D eigenvalue weighted by atomic mass is 127. The fourth-order valence-electron chi connectivity index (χ4n) is 4.73. The maximum atomic E-state index is 2.80. The highest BCUT2D eigenvalue weighted by molar-refractivity contribution is 14.1. The molecule has 0 aromatic carbocycles. The van der Waals surface area contributed by atoms with Crippen molar-refractivity contribution in [2.24, 2.45) is 5.92 Å². The molecule has 3 saturated heterocycles. The van der Waals surface area contributed by atoms with E-state index in [0.717, 1.165) is 18.0 Å². The monoisotopic (exact) mass is 448 g/mol. The Bertz CT molecular complexity index is 354. The predicted octanol–water partition coefficient (Wildman–Crippen LogP) is 2.58. The number of piperazine rings is 1. The Morgan fingerprint density at radius 3 is 1.96 bits per heavy atom. The van der Waals surface area contributed by atoms with Gasteiger partial charge in [-0.1, -0.05) is 22.6 Å². The Morgan fingerprint density at radius 1 is 0.792 bits per heavy atom. The van der Waals surface area contributed by atoms with Gasteiger partial charge in [0, 0.05) is 44.8 Å². The van der Waals surface area contributed by atoms with Crippen molar-refractivity contribution in [3.8, 4) is 0 Å². The third kappa shape index (κ3) is 5.29. The van der Waals surface area contributed by atoms with Crippen LogP contribution in [0, 0.1) is 5.92 Å². The van der Waals surface area contributed by atoms with Crippen LogP contribution in [0.3, 0.4) is 0 Å². The lowest BCUT2D eigenvalue weighted by molar-refractivity contribution is 0.0429. The van der Waals surface area contributed by atoms with Crippen molar-refractivity contribution in [3.05, 3.63) is 0 Å². The number of alkyl halides is 1. The average molecular weight is 448 g/mol. The first-order chi connectivity index (χ1) is 11.7. The second-order valence-corrected chi connectivity index (χ2v) is 9.06. The lowest BCUT2D eigenvalue weighted by atomic mass is 9.96. The van der Waals surface area contributed by atoms with E-state index in [4.69, 9.17) is 0 Å². The van der Waals surface area contributed by atoms with Crippen LogP contribution in [0.1, 0.15) is 39.5 Å². The highest BCUT2D eigenvalue weighted by Crippen LogP contribution is 2.22. The summed E-state index contributed by atoms with van der Waals surface area (Å²) in [6.07, 6.45) is 5.59. The molecule has 5 heteroatoms. The quantitative estimate of drug-likeness (QED) is 0.364. The molecule has 0 aromatic heterocycles. The second-order valence-electron chi connectivity index (χ2n) is 8.38. The molecule has 0 spiro atoms. The van der Waals surface area contributed by atoms with E-state index in [-0.39, 0.29) is 0 Å². The summed E-state index contributed by atoms with van der Waals surface area (Å²) in [7, 11) is 0. The Kier molecular flexibility index (Phi) is 7.65. The number of piperidine rings is 2. The molecule has 140 valence electrons. The lowest BCUT2D eigenvalue weighted by Crippen LogP contribution is -2.54. The SMILES string of the molecule is CC(C)N1CCC(N2CCN(CC3CCN(CI)CC3)CC2)CC1. The van der Waals surface area contributed by atoms with E-state index in [1.165, 1.54) is 89.1 Å². The molecule has 4 nitrogen and oxygen atoms in total. The van der Waals surface area contributed by atoms with Gasteiger partial charge >= 0.3 is 0 Å². The predicted molar refractivity (Wildman–Crippen MR) is 111 cm³/mol. The molecule has 3 fully saturated rings. The van der Waals surface area contributed by atoms with Crippen LogP contribution >= 0.6 is 22.6 Å². The summed E-state index contributed by atoms with van der Waals surface area (Å²) in [6.45, 7) is 16.5. The van der Waals surface area contributed by atoms with Crippen molar-refractivity contribution in [1.82, 2.24) is 19.6 Å². The molecule has 0 aromatic rings. The zero-order valence-electron chi connectivity index (χ0n) is 15.8. The first-order valence-corrected chi connectivity index (χ1v) is 11.7. The summed E-state index contributed by atoms with van der Waals surface area (Å²) in [4.78, 5) is 10.8. The van der Waals surface area contributed by atoms with Gasteiger partial charge in [-0.25, -0.2) is 0 Å². The van der Waals surface area contributed by atoms with Gasteiger partial charge in [-0.2, -0.15) is 0 Å². The van der Waals surface area contributed by atoms with Gasteiger partial charge in [0.1, 0.15) is 0 Å². The molecule has 0 unspecified atom stereocenters. The summed E-state index contributed by atoms with van der Waals surface area (Å²) in [5.41, 5.74) is 0. The molecule has 3 heterocycles. The minimum Gasteiger partial charge on any atom is -0.301 e. The molecule has 3 rings (SSSR count). The zero-order chi connectivity index (χ0) is 16.9. The molecule has 24 heavy (non-hydrogen) atoms. The lowest BCUT2D eigenvalue weighted by Gasteiger charge is -2.44. The van der Waals surface area contributed by atoms with Crippen LogP contribution in [0.25, 0.3) is 0 Å². The normalized spacial score (nSPS) is 28.0. The van der Waals surface area contributed by atoms with E-state index in [0.29, 0.717) is 0 Å². The van der Waals surface area contributed by atoms with E-state index in [1.54, 1.807) is 0 Å². The third-order valence-electron chi connectivity index (χ3n) is 6.55. The standard InChI is InChI=1S/C19H37IN4/c1-17(2)23-9-5-19(6-10-23)24-13-11-21(12-14-24)15-18-3-7-22(16-20)8-4-18/h17-19H,3-16H2,1-2H3. The van der Waals surface area contributed by atoms with Gasteiger partial charge in [0.25, 0.3) is 0 Å². The first-order valence-electron chi connectivity index (χ1n) is 10.1. The van der Waals surface area contributed by atoms with Gasteiger partial charge in [-0.3, -0.25) is 9.80 Å². The Balaban J connectivity index is 1.34. The van der Waals surface area contributed by atoms with Crippen LogP contribution in [-0.4, -0.2) is 95.1 Å². The van der Waals surface area contributed by atoms with Crippen molar-refractivity contribution >= 4 is 22.6 Å². The number of rotatable bonds is 5. The van der Waals surface area contributed by atoms with Crippen molar-refractivity contribution in [3.63, 3.8) is 0 Å². The molecular weight excluding hydrogens is 411 g/mol. The number of hydrogen-bond donors (Lipinski definition) is 0. The summed E-state index contributed by atoms with van der Waals surface area (Å²) < 4.78 is 1.21. The molecule has 0 amide bonds. The van der Waals surface area contributed by atoms with Gasteiger partial charge in [-0.15, -0.1) is 0 Å². The maximum absolute atomic E-state index is 2.80. The van der Waals surface area contributed by atoms with E-state index < -0.39 is 0 Å². The van der Waals surface area contributed by atoms with Crippen molar-refractivity contribution in [1.29, 1.82) is 0 Å². The number of nitrogens with zero attached hydrogens (tertiary/aromatic N) is 4. The molecular formula is C19H37IN4. The van der Waals surface area contributed by atoms with Crippen LogP contribution in [0.2, 0.25) is 0 Å². The van der Waals surface area contributed by atoms with Crippen LogP contribution in [0.15, 0.2) is 0 Å². The van der Waals surface area contributed by atoms with Gasteiger partial charge in [0.2, 0.25) is 0 Å². The summed E-state index contributed by atoms with van der Waals surface area (Å²) in [5.74, 6) is 0.949. The van der Waals surface area contributed by atoms with E-state index in [1.807, 2.05) is 0 Å². The van der Waals surface area contributed by atoms with Crippen LogP contribution in [0.4, 0.5) is 0 Å². The van der Waals surface area contributed by atoms with Crippen LogP contribution in [0.5, 0.6) is 0 Å². The number of halogens is 1. The van der Waals surface area contributed by atoms with Gasteiger partial charge in [0.15, 0.2) is 0 Å². The first kappa shape index (κ1) is 19.3. The number of hydrogen-bond acceptors (Lipinski definition) is 4. The van der Waals surface area contributed by atoms with Crippen molar-refractivity contribution in [2.45, 2.75) is 51.6 Å². The maximum Gasteiger partial charge on any atom is 0.0505 e. The second kappa shape index (κ2) is 9.49. The highest BCUT2D eigenvalue weighted by Gasteiger charge is 2.29. The Morgan fingerprint density at radius 2 is 1.42 bits per heavy atom. The van der Waals surface area contributed by atoms with E-state index >= 15 is 0 Å². The molecule has 0 aliphatic carbocycles. The van der Waals surface area contributed by atoms with Gasteiger partial charge in [-0.05, 0) is 71.6 Å². The summed E-state index contributed by atoms with van der Waals surface area (Å²) in [5, 5.41) is 0. The molecule has 3 aliphatic heterocycles. The van der Waals surface area contributed by atoms with E-state index in [9.17, 15) is 0 Å². The molecule has 0 atom stereocenters. The molecule has 3 aliphatic rings. The Hall–Kier alpha value is 0.570. The minimum atomic E-state index is 0.724. The fraction of sp³-hybridized carbons (Fsp3) is 1.00. The van der Waals surface area contributed by atoms with E-state index in [2.05, 4.69) is 56.0 Å². The average Bonchev–Trinajstić information content (AvgIpc) is 2.63. The van der Waals surface area contributed by atoms with Gasteiger partial charge in [0.05, 0.1) is 4.55 Å². The molecule has 0 bridgehead atoms. The Labute approximate surface area is 163 Å². The molecule has 0 saturated carbocycles.